The minimum Gasteiger partial charge on any atom is -0.401 e. The molecule has 78 valence electrons. The van der Waals surface area contributed by atoms with Crippen molar-refractivity contribution < 1.29 is 8.78 Å². The summed E-state index contributed by atoms with van der Waals surface area (Å²) in [6.07, 6.45) is 0.795. The van der Waals surface area contributed by atoms with Crippen LogP contribution in [0.3, 0.4) is 0 Å². The minimum atomic E-state index is -2.89. The lowest BCUT2D eigenvalue weighted by atomic mass is 9.46. The Kier molecular flexibility index (Phi) is 3.09. The highest BCUT2D eigenvalue weighted by Crippen LogP contribution is 2.36. The van der Waals surface area contributed by atoms with E-state index in [1.807, 2.05) is 6.82 Å². The van der Waals surface area contributed by atoms with Crippen LogP contribution in [0.5, 0.6) is 0 Å². The highest BCUT2D eigenvalue weighted by atomic mass is 19.3. The molecule has 0 aromatic heterocycles. The molecule has 14 heavy (non-hydrogen) atoms. The Balaban J connectivity index is 3.05. The number of alkyl halides is 2. The average Bonchev–Trinajstić information content (AvgIpc) is 2.07. The van der Waals surface area contributed by atoms with Crippen LogP contribution in [-0.2, 0) is 0 Å². The van der Waals surface area contributed by atoms with Gasteiger partial charge in [0.05, 0.1) is 0 Å². The lowest BCUT2D eigenvalue weighted by molar-refractivity contribution is 0.0183. The topological polar surface area (TPSA) is 55.3 Å². The summed E-state index contributed by atoms with van der Waals surface area (Å²) in [7, 11) is 1.39. The van der Waals surface area contributed by atoms with E-state index >= 15 is 0 Å². The number of allylic oxidation sites excluding steroid dienone is 2. The first-order valence-corrected chi connectivity index (χ1v) is 4.70. The molecule has 3 nitrogen and oxygen atoms in total. The van der Waals surface area contributed by atoms with Crippen LogP contribution in [0.4, 0.5) is 8.78 Å². The van der Waals surface area contributed by atoms with Gasteiger partial charge in [-0.15, -0.1) is 0 Å². The summed E-state index contributed by atoms with van der Waals surface area (Å²) in [5.41, 5.74) is 5.62. The molecule has 0 unspecified atom stereocenters. The Morgan fingerprint density at radius 2 is 2.14 bits per heavy atom. The molecular formula is C7H15B2F2N3. The summed E-state index contributed by atoms with van der Waals surface area (Å²) < 4.78 is 27.1. The largest absolute Gasteiger partial charge is 0.401 e. The van der Waals surface area contributed by atoms with Gasteiger partial charge in [0.15, 0.2) is 0 Å². The molecule has 1 aliphatic heterocycles. The van der Waals surface area contributed by atoms with Gasteiger partial charge in [-0.3, -0.25) is 5.84 Å². The zero-order chi connectivity index (χ0) is 10.9. The predicted molar refractivity (Wildman–Crippen MR) is 56.6 cm³/mol. The predicted octanol–water partition coefficient (Wildman–Crippen LogP) is 0.0441. The number of rotatable bonds is 1. The summed E-state index contributed by atoms with van der Waals surface area (Å²) in [5.74, 6) is 2.47. The highest BCUT2D eigenvalue weighted by Gasteiger charge is 2.40. The molecule has 0 aromatic carbocycles. The van der Waals surface area contributed by atoms with Crippen LogP contribution in [-0.4, -0.2) is 25.5 Å². The first-order valence-electron chi connectivity index (χ1n) is 4.70. The first-order chi connectivity index (χ1) is 6.34. The zero-order valence-electron chi connectivity index (χ0n) is 8.56. The maximum atomic E-state index is 13.5. The van der Waals surface area contributed by atoms with Crippen molar-refractivity contribution in [3.8, 4) is 0 Å². The van der Waals surface area contributed by atoms with Crippen LogP contribution >= 0.6 is 0 Å². The minimum absolute atomic E-state index is 0.175. The molecule has 0 aliphatic carbocycles. The van der Waals surface area contributed by atoms with Crippen molar-refractivity contribution in [2.24, 2.45) is 11.6 Å². The van der Waals surface area contributed by atoms with Gasteiger partial charge in [0.2, 0.25) is 7.98 Å². The molecule has 1 aliphatic rings. The van der Waals surface area contributed by atoms with Crippen molar-refractivity contribution in [2.45, 2.75) is 31.8 Å². The second kappa shape index (κ2) is 3.81. The standard InChI is InChI=1S/C7H15B2F2N3/c1-9-3-2-7(10,11)6(14(8)13)5(12)4-9/h2-4,8,12-13H2,1H3. The fourth-order valence-corrected chi connectivity index (χ4v) is 1.84. The number of halogens is 2. The average molecular weight is 201 g/mol. The molecule has 0 fully saturated rings. The molecule has 0 atom stereocenters. The number of nitrogens with zero attached hydrogens (tertiary/aromatic N) is 1. The van der Waals surface area contributed by atoms with E-state index in [-0.39, 0.29) is 24.5 Å². The van der Waals surface area contributed by atoms with Crippen molar-refractivity contribution in [3.63, 3.8) is 0 Å². The molecule has 4 N–H and O–H groups in total. The Hall–Kier alpha value is -0.710. The lowest BCUT2D eigenvalue weighted by Gasteiger charge is -2.26. The zero-order valence-corrected chi connectivity index (χ0v) is 8.56. The summed E-state index contributed by atoms with van der Waals surface area (Å²) in [6.45, 7) is 2.11. The molecule has 7 heteroatoms. The van der Waals surface area contributed by atoms with Gasteiger partial charge in [-0.25, -0.2) is 0 Å². The van der Waals surface area contributed by atoms with E-state index < -0.39 is 5.92 Å². The molecule has 0 amide bonds. The number of nitrogens with two attached hydrogens (primary N) is 2. The molecule has 1 rings (SSSR count). The molecule has 0 radical (unpaired) electrons. The van der Waals surface area contributed by atoms with E-state index in [0.29, 0.717) is 12.6 Å². The monoisotopic (exact) mass is 201 g/mol. The van der Waals surface area contributed by atoms with Crippen LogP contribution in [0.15, 0.2) is 11.4 Å². The van der Waals surface area contributed by atoms with Crippen LogP contribution in [0, 0.1) is 0 Å². The van der Waals surface area contributed by atoms with E-state index in [9.17, 15) is 8.78 Å². The normalized spacial score (nSPS) is 22.1. The van der Waals surface area contributed by atoms with Crippen molar-refractivity contribution in [1.82, 2.24) is 4.92 Å². The van der Waals surface area contributed by atoms with Gasteiger partial charge in [0.25, 0.3) is 5.92 Å². The molecule has 1 heterocycles. The third-order valence-corrected chi connectivity index (χ3v) is 2.52. The second-order valence-corrected chi connectivity index (χ2v) is 4.04. The van der Waals surface area contributed by atoms with Gasteiger partial charge in [-0.05, 0) is 6.32 Å². The first kappa shape index (κ1) is 11.4. The smallest absolute Gasteiger partial charge is 0.288 e. The Morgan fingerprint density at radius 3 is 2.64 bits per heavy atom. The summed E-state index contributed by atoms with van der Waals surface area (Å²) in [5, 5.41) is 0. The van der Waals surface area contributed by atoms with Gasteiger partial charge in [-0.1, -0.05) is 13.1 Å². The molecular weight excluding hydrogens is 186 g/mol. The maximum absolute atomic E-state index is 13.5. The number of hydrogen-bond acceptors (Lipinski definition) is 3. The number of hydrogen-bond donors (Lipinski definition) is 2. The summed E-state index contributed by atoms with van der Waals surface area (Å²) in [6, 6.07) is 0. The van der Waals surface area contributed by atoms with Gasteiger partial charge in [-0.2, -0.15) is 8.78 Å². The van der Waals surface area contributed by atoms with Crippen LogP contribution in [0.25, 0.3) is 0 Å². The van der Waals surface area contributed by atoms with Crippen LogP contribution in [0.2, 0.25) is 19.5 Å². The second-order valence-electron chi connectivity index (χ2n) is 4.04. The Bertz CT molecular complexity index is 255. The van der Waals surface area contributed by atoms with Crippen molar-refractivity contribution in [3.05, 3.63) is 11.4 Å². The maximum Gasteiger partial charge on any atom is 0.288 e. The van der Waals surface area contributed by atoms with E-state index in [1.165, 1.54) is 7.98 Å². The Morgan fingerprint density at radius 1 is 1.57 bits per heavy atom. The van der Waals surface area contributed by atoms with Crippen LogP contribution < -0.4 is 11.6 Å². The van der Waals surface area contributed by atoms with E-state index in [1.54, 1.807) is 0 Å². The molecule has 0 saturated heterocycles. The van der Waals surface area contributed by atoms with Crippen molar-refractivity contribution in [1.29, 1.82) is 0 Å². The van der Waals surface area contributed by atoms with Gasteiger partial charge >= 0.3 is 0 Å². The molecule has 0 spiro atoms. The SMILES string of the molecule is BN(N)C1=C(N)CB(C)CCC1(F)F. The number of hydrazine groups is 1. The van der Waals surface area contributed by atoms with E-state index in [2.05, 4.69) is 0 Å². The van der Waals surface area contributed by atoms with Gasteiger partial charge in [0.1, 0.15) is 12.4 Å². The molecule has 0 saturated carbocycles. The van der Waals surface area contributed by atoms with Gasteiger partial charge < -0.3 is 10.7 Å². The Labute approximate surface area is 84.0 Å². The van der Waals surface area contributed by atoms with Crippen LogP contribution in [0.1, 0.15) is 6.42 Å². The van der Waals surface area contributed by atoms with E-state index in [4.69, 9.17) is 11.6 Å². The van der Waals surface area contributed by atoms with Crippen molar-refractivity contribution >= 4 is 14.7 Å². The summed E-state index contributed by atoms with van der Waals surface area (Å²) >= 11 is 0. The molecule has 0 bridgehead atoms. The van der Waals surface area contributed by atoms with E-state index in [0.717, 1.165) is 4.92 Å². The van der Waals surface area contributed by atoms with Crippen molar-refractivity contribution in [2.75, 3.05) is 0 Å². The summed E-state index contributed by atoms with van der Waals surface area (Å²) in [4.78, 5) is 0.938. The van der Waals surface area contributed by atoms with Gasteiger partial charge in [0, 0.05) is 12.1 Å². The molecule has 0 aromatic rings. The highest BCUT2D eigenvalue weighted by molar-refractivity contribution is 6.58. The third kappa shape index (κ3) is 2.20. The fourth-order valence-electron chi connectivity index (χ4n) is 1.84. The lowest BCUT2D eigenvalue weighted by Crippen LogP contribution is -2.38. The quantitative estimate of drug-likeness (QED) is 0.357. The third-order valence-electron chi connectivity index (χ3n) is 2.52. The fraction of sp³-hybridized carbons (Fsp3) is 0.714.